The Balaban J connectivity index is 1.56. The van der Waals surface area contributed by atoms with E-state index >= 15 is 0 Å². The Morgan fingerprint density at radius 3 is 1.97 bits per heavy atom. The van der Waals surface area contributed by atoms with E-state index in [1.807, 2.05) is 0 Å². The van der Waals surface area contributed by atoms with Gasteiger partial charge in [-0.05, 0) is 38.0 Å². The molecule has 13 unspecified atom stereocenters. The normalized spacial score (nSPS) is 55.7. The molecule has 192 valence electrons. The van der Waals surface area contributed by atoms with Gasteiger partial charge in [-0.3, -0.25) is 0 Å². The minimum Gasteiger partial charge on any atom is -0.394 e. The molecule has 2 aliphatic carbocycles. The third kappa shape index (κ3) is 5.08. The smallest absolute Gasteiger partial charge is 0.187 e. The molecule has 2 aliphatic heterocycles. The monoisotopic (exact) mass is 480 g/mol. The second-order valence-electron chi connectivity index (χ2n) is 9.96. The maximum Gasteiger partial charge on any atom is 0.187 e. The van der Waals surface area contributed by atoms with Gasteiger partial charge in [-0.15, -0.1) is 0 Å². The standard InChI is InChI=1S/C21H36O12/c22-6-15-17(28)18(29)19(30)21(33-15)32-14-5-9-10(24)3-8(23)4-13(9)31-20(14)7-1-11(25)16(27)12(26)2-7/h7-30H,1-6H2. The van der Waals surface area contributed by atoms with Crippen LogP contribution in [0, 0.1) is 11.8 Å². The van der Waals surface area contributed by atoms with Crippen LogP contribution in [0.4, 0.5) is 0 Å². The number of aliphatic hydroxyl groups is 9. The van der Waals surface area contributed by atoms with Gasteiger partial charge in [-0.1, -0.05) is 0 Å². The Morgan fingerprint density at radius 1 is 0.667 bits per heavy atom. The van der Waals surface area contributed by atoms with Crippen molar-refractivity contribution in [3.8, 4) is 0 Å². The number of fused-ring (bicyclic) bond motifs is 1. The average molecular weight is 481 g/mol. The first-order valence-electron chi connectivity index (χ1n) is 11.6. The van der Waals surface area contributed by atoms with Crippen LogP contribution in [0.5, 0.6) is 0 Å². The van der Waals surface area contributed by atoms with Crippen molar-refractivity contribution in [1.29, 1.82) is 0 Å². The molecule has 2 saturated heterocycles. The maximum absolute atomic E-state index is 10.5. The fourth-order valence-electron chi connectivity index (χ4n) is 5.82. The molecule has 12 nitrogen and oxygen atoms in total. The molecule has 4 aliphatic rings. The van der Waals surface area contributed by atoms with E-state index < -0.39 is 92.1 Å². The van der Waals surface area contributed by atoms with Crippen molar-refractivity contribution < 1.29 is 60.2 Å². The molecule has 0 spiro atoms. The molecule has 4 rings (SSSR count). The Morgan fingerprint density at radius 2 is 1.33 bits per heavy atom. The van der Waals surface area contributed by atoms with Crippen LogP contribution in [0.2, 0.25) is 0 Å². The molecule has 4 fully saturated rings. The van der Waals surface area contributed by atoms with Gasteiger partial charge >= 0.3 is 0 Å². The average Bonchev–Trinajstić information content (AvgIpc) is 2.77. The van der Waals surface area contributed by atoms with Crippen molar-refractivity contribution in [2.45, 2.75) is 112 Å². The van der Waals surface area contributed by atoms with Crippen molar-refractivity contribution >= 4 is 0 Å². The first-order valence-corrected chi connectivity index (χ1v) is 11.6. The van der Waals surface area contributed by atoms with E-state index in [1.165, 1.54) is 0 Å². The molecule has 2 heterocycles. The lowest BCUT2D eigenvalue weighted by Gasteiger charge is -2.51. The molecular formula is C21H36O12. The number of aliphatic hydroxyl groups excluding tert-OH is 9. The topological polar surface area (TPSA) is 210 Å². The minimum absolute atomic E-state index is 0.111. The van der Waals surface area contributed by atoms with Gasteiger partial charge in [0.1, 0.15) is 30.5 Å². The van der Waals surface area contributed by atoms with E-state index in [4.69, 9.17) is 14.2 Å². The van der Waals surface area contributed by atoms with Crippen LogP contribution in [0.15, 0.2) is 0 Å². The van der Waals surface area contributed by atoms with E-state index in [-0.39, 0.29) is 31.6 Å². The Labute approximate surface area is 191 Å². The van der Waals surface area contributed by atoms with Crippen molar-refractivity contribution in [3.05, 3.63) is 0 Å². The highest BCUT2D eigenvalue weighted by Crippen LogP contribution is 2.43. The summed E-state index contributed by atoms with van der Waals surface area (Å²) in [5, 5.41) is 90.9. The molecule has 13 atom stereocenters. The lowest BCUT2D eigenvalue weighted by Crippen LogP contribution is -2.62. The number of ether oxygens (including phenoxy) is 3. The summed E-state index contributed by atoms with van der Waals surface area (Å²) in [6, 6.07) is 0. The lowest BCUT2D eigenvalue weighted by atomic mass is 9.72. The van der Waals surface area contributed by atoms with Gasteiger partial charge in [0, 0.05) is 5.92 Å². The van der Waals surface area contributed by atoms with Gasteiger partial charge in [0.05, 0.1) is 49.3 Å². The summed E-state index contributed by atoms with van der Waals surface area (Å²) in [4.78, 5) is 0. The fourth-order valence-corrected chi connectivity index (χ4v) is 5.82. The molecule has 0 aromatic rings. The Kier molecular flexibility index (Phi) is 7.95. The highest BCUT2D eigenvalue weighted by Gasteiger charge is 2.52. The van der Waals surface area contributed by atoms with Crippen molar-refractivity contribution in [2.24, 2.45) is 11.8 Å². The van der Waals surface area contributed by atoms with E-state index in [2.05, 4.69) is 0 Å². The summed E-state index contributed by atoms with van der Waals surface area (Å²) in [6.45, 7) is -0.615. The molecular weight excluding hydrogens is 444 g/mol. The number of hydrogen-bond donors (Lipinski definition) is 9. The molecule has 33 heavy (non-hydrogen) atoms. The molecule has 0 bridgehead atoms. The summed E-state index contributed by atoms with van der Waals surface area (Å²) in [6.07, 6.45) is -13.7. The second kappa shape index (κ2) is 10.2. The predicted molar refractivity (Wildman–Crippen MR) is 107 cm³/mol. The lowest BCUT2D eigenvalue weighted by molar-refractivity contribution is -0.333. The Bertz CT molecular complexity index is 639. The summed E-state index contributed by atoms with van der Waals surface area (Å²) in [7, 11) is 0. The third-order valence-electron chi connectivity index (χ3n) is 7.69. The molecule has 0 aromatic heterocycles. The third-order valence-corrected chi connectivity index (χ3v) is 7.69. The predicted octanol–water partition coefficient (Wildman–Crippen LogP) is -4.05. The van der Waals surface area contributed by atoms with Crippen LogP contribution in [0.25, 0.3) is 0 Å². The van der Waals surface area contributed by atoms with Gasteiger partial charge in [0.25, 0.3) is 0 Å². The molecule has 12 heteroatoms. The first-order chi connectivity index (χ1) is 15.6. The summed E-state index contributed by atoms with van der Waals surface area (Å²) < 4.78 is 17.7. The summed E-state index contributed by atoms with van der Waals surface area (Å²) in [5.74, 6) is -0.839. The van der Waals surface area contributed by atoms with Gasteiger partial charge in [-0.2, -0.15) is 0 Å². The highest BCUT2D eigenvalue weighted by molar-refractivity contribution is 5.00. The van der Waals surface area contributed by atoms with Crippen molar-refractivity contribution in [2.75, 3.05) is 6.61 Å². The van der Waals surface area contributed by atoms with E-state index in [1.54, 1.807) is 0 Å². The zero-order chi connectivity index (χ0) is 24.0. The van der Waals surface area contributed by atoms with Crippen LogP contribution < -0.4 is 0 Å². The van der Waals surface area contributed by atoms with Crippen LogP contribution in [-0.4, -0.2) is 132 Å². The summed E-state index contributed by atoms with van der Waals surface area (Å²) >= 11 is 0. The van der Waals surface area contributed by atoms with Crippen LogP contribution in [-0.2, 0) is 14.2 Å². The van der Waals surface area contributed by atoms with Crippen LogP contribution >= 0.6 is 0 Å². The van der Waals surface area contributed by atoms with Crippen molar-refractivity contribution in [1.82, 2.24) is 0 Å². The van der Waals surface area contributed by atoms with E-state index in [0.29, 0.717) is 6.42 Å². The van der Waals surface area contributed by atoms with Crippen LogP contribution in [0.1, 0.15) is 32.1 Å². The van der Waals surface area contributed by atoms with Gasteiger partial charge in [0.15, 0.2) is 6.29 Å². The fraction of sp³-hybridized carbons (Fsp3) is 1.00. The number of rotatable bonds is 4. The summed E-state index contributed by atoms with van der Waals surface area (Å²) in [5.41, 5.74) is 0. The molecule has 0 amide bonds. The molecule has 0 aromatic carbocycles. The molecule has 2 saturated carbocycles. The van der Waals surface area contributed by atoms with Gasteiger partial charge in [-0.25, -0.2) is 0 Å². The molecule has 9 N–H and O–H groups in total. The minimum atomic E-state index is -1.62. The van der Waals surface area contributed by atoms with E-state index in [0.717, 1.165) is 0 Å². The highest BCUT2D eigenvalue weighted by atomic mass is 16.7. The van der Waals surface area contributed by atoms with Crippen LogP contribution in [0.3, 0.4) is 0 Å². The largest absolute Gasteiger partial charge is 0.394 e. The second-order valence-corrected chi connectivity index (χ2v) is 9.96. The zero-order valence-corrected chi connectivity index (χ0v) is 18.2. The van der Waals surface area contributed by atoms with E-state index in [9.17, 15) is 46.0 Å². The SMILES string of the molecule is OCC1OC(OC2CC3C(O)CC(O)CC3OC2C2CC(O)C(O)C(O)C2)C(O)C(O)C1O. The first kappa shape index (κ1) is 25.6. The number of hydrogen-bond acceptors (Lipinski definition) is 12. The maximum atomic E-state index is 10.5. The Hall–Kier alpha value is -0.480. The van der Waals surface area contributed by atoms with Gasteiger partial charge < -0.3 is 60.2 Å². The zero-order valence-electron chi connectivity index (χ0n) is 18.2. The van der Waals surface area contributed by atoms with Gasteiger partial charge in [0.2, 0.25) is 0 Å². The molecule has 0 radical (unpaired) electrons. The quantitative estimate of drug-likeness (QED) is 0.188. The van der Waals surface area contributed by atoms with Crippen molar-refractivity contribution in [3.63, 3.8) is 0 Å².